The van der Waals surface area contributed by atoms with E-state index in [0.717, 1.165) is 34.3 Å². The van der Waals surface area contributed by atoms with Crippen molar-refractivity contribution >= 4 is 27.8 Å². The van der Waals surface area contributed by atoms with E-state index in [1.54, 1.807) is 21.8 Å². The van der Waals surface area contributed by atoms with E-state index in [4.69, 9.17) is 24.0 Å². The summed E-state index contributed by atoms with van der Waals surface area (Å²) in [6, 6.07) is 11.1. The molecule has 12 heteroatoms. The summed E-state index contributed by atoms with van der Waals surface area (Å²) in [5, 5.41) is 10.8. The molecule has 46 heavy (non-hydrogen) atoms. The van der Waals surface area contributed by atoms with E-state index < -0.39 is 11.6 Å². The molecule has 234 valence electrons. The Labute approximate surface area is 262 Å². The average Bonchev–Trinajstić information content (AvgIpc) is 3.80. The Morgan fingerprint density at radius 1 is 1.11 bits per heavy atom. The number of methoxy groups -OCH3 is 1. The molecule has 0 aliphatic carbocycles. The van der Waals surface area contributed by atoms with Gasteiger partial charge in [0, 0.05) is 54.7 Å². The minimum atomic E-state index is -0.831. The highest BCUT2D eigenvalue weighted by molar-refractivity contribution is 6.07. The topological polar surface area (TPSA) is 100 Å². The molecule has 1 amide bonds. The van der Waals surface area contributed by atoms with Gasteiger partial charge in [0.15, 0.2) is 5.58 Å². The van der Waals surface area contributed by atoms with E-state index in [1.807, 2.05) is 42.9 Å². The zero-order chi connectivity index (χ0) is 32.1. The van der Waals surface area contributed by atoms with Crippen LogP contribution in [0.15, 0.2) is 72.0 Å². The van der Waals surface area contributed by atoms with Gasteiger partial charge in [-0.25, -0.2) is 13.8 Å². The number of pyridine rings is 1. The maximum Gasteiger partial charge on any atom is 0.246 e. The molecule has 5 heterocycles. The summed E-state index contributed by atoms with van der Waals surface area (Å²) >= 11 is 0. The molecule has 0 unspecified atom stereocenters. The summed E-state index contributed by atoms with van der Waals surface area (Å²) in [6.45, 7) is 6.73. The Morgan fingerprint density at radius 2 is 1.96 bits per heavy atom. The number of nitrogens with zero attached hydrogens (tertiary/aromatic N) is 6. The smallest absolute Gasteiger partial charge is 0.246 e. The number of carbonyl (C=O) groups is 1. The van der Waals surface area contributed by atoms with Crippen LogP contribution < -0.4 is 4.74 Å². The zero-order valence-electron chi connectivity index (χ0n) is 25.5. The minimum Gasteiger partial charge on any atom is -0.490 e. The molecular weight excluding hydrogens is 594 g/mol. The Bertz CT molecular complexity index is 2150. The van der Waals surface area contributed by atoms with Crippen LogP contribution >= 0.6 is 0 Å². The lowest BCUT2D eigenvalue weighted by Crippen LogP contribution is -2.40. The summed E-state index contributed by atoms with van der Waals surface area (Å²) in [4.78, 5) is 19.4. The van der Waals surface area contributed by atoms with Crippen molar-refractivity contribution in [1.29, 1.82) is 0 Å². The maximum atomic E-state index is 16.0. The predicted octanol–water partition coefficient (Wildman–Crippen LogP) is 6.30. The fourth-order valence-corrected chi connectivity index (χ4v) is 6.14. The van der Waals surface area contributed by atoms with Crippen LogP contribution in [0.5, 0.6) is 5.75 Å². The van der Waals surface area contributed by atoms with Crippen molar-refractivity contribution in [1.82, 2.24) is 29.4 Å². The van der Waals surface area contributed by atoms with Crippen LogP contribution in [-0.4, -0.2) is 62.2 Å². The summed E-state index contributed by atoms with van der Waals surface area (Å²) in [5.41, 5.74) is 4.48. The van der Waals surface area contributed by atoms with Crippen LogP contribution in [0.25, 0.3) is 55.6 Å². The lowest BCUT2D eigenvalue weighted by Gasteiger charge is -2.33. The molecule has 2 aromatic carbocycles. The van der Waals surface area contributed by atoms with E-state index in [1.165, 1.54) is 19.4 Å². The van der Waals surface area contributed by atoms with E-state index in [0.29, 0.717) is 46.7 Å². The lowest BCUT2D eigenvalue weighted by molar-refractivity contribution is -0.129. The quantitative estimate of drug-likeness (QED) is 0.145. The molecule has 0 N–H and O–H groups in total. The van der Waals surface area contributed by atoms with Gasteiger partial charge in [0.05, 0.1) is 48.4 Å². The average molecular weight is 625 g/mol. The van der Waals surface area contributed by atoms with Gasteiger partial charge in [0.25, 0.3) is 0 Å². The lowest BCUT2D eigenvalue weighted by atomic mass is 9.94. The zero-order valence-corrected chi connectivity index (χ0v) is 25.5. The largest absolute Gasteiger partial charge is 0.490 e. The second-order valence-electron chi connectivity index (χ2n) is 11.1. The van der Waals surface area contributed by atoms with Crippen molar-refractivity contribution in [2.75, 3.05) is 26.9 Å². The first-order chi connectivity index (χ1) is 22.3. The van der Waals surface area contributed by atoms with Crippen LogP contribution in [0.1, 0.15) is 18.7 Å². The van der Waals surface area contributed by atoms with E-state index >= 15 is 4.39 Å². The molecule has 4 aromatic heterocycles. The van der Waals surface area contributed by atoms with Crippen molar-refractivity contribution in [2.45, 2.75) is 19.5 Å². The van der Waals surface area contributed by atoms with Crippen molar-refractivity contribution < 1.29 is 27.5 Å². The third-order valence-corrected chi connectivity index (χ3v) is 8.41. The molecular formula is C34H30F2N6O4. The SMILES string of the molecule is C=CC(=O)N1CCn2nc(-c3nc(-c4ccc5cnn(C)c5c4)c4occc4c3-c3c(F)cc(F)cc3OCCOC)cc2[C@H]1C. The van der Waals surface area contributed by atoms with Crippen molar-refractivity contribution in [3.63, 3.8) is 0 Å². The summed E-state index contributed by atoms with van der Waals surface area (Å²) < 4.78 is 51.2. The van der Waals surface area contributed by atoms with Gasteiger partial charge in [-0.05, 0) is 31.2 Å². The van der Waals surface area contributed by atoms with E-state index in [9.17, 15) is 9.18 Å². The van der Waals surface area contributed by atoms with Gasteiger partial charge >= 0.3 is 0 Å². The molecule has 0 bridgehead atoms. The van der Waals surface area contributed by atoms with Crippen LogP contribution in [0.3, 0.4) is 0 Å². The van der Waals surface area contributed by atoms with E-state index in [-0.39, 0.29) is 36.5 Å². The van der Waals surface area contributed by atoms with Crippen LogP contribution in [0.4, 0.5) is 8.78 Å². The Balaban J connectivity index is 1.51. The third kappa shape index (κ3) is 4.81. The number of fused-ring (bicyclic) bond motifs is 3. The first-order valence-electron chi connectivity index (χ1n) is 14.7. The first-order valence-corrected chi connectivity index (χ1v) is 14.7. The van der Waals surface area contributed by atoms with Gasteiger partial charge < -0.3 is 18.8 Å². The number of hydrogen-bond donors (Lipinski definition) is 0. The molecule has 0 radical (unpaired) electrons. The number of halogens is 2. The predicted molar refractivity (Wildman–Crippen MR) is 168 cm³/mol. The molecule has 0 spiro atoms. The van der Waals surface area contributed by atoms with Crippen molar-refractivity contribution in [3.05, 3.63) is 84.9 Å². The van der Waals surface area contributed by atoms with Crippen molar-refractivity contribution in [2.24, 2.45) is 7.05 Å². The number of ether oxygens (including phenoxy) is 2. The Morgan fingerprint density at radius 3 is 2.76 bits per heavy atom. The third-order valence-electron chi connectivity index (χ3n) is 8.41. The highest BCUT2D eigenvalue weighted by atomic mass is 19.1. The molecule has 10 nitrogen and oxygen atoms in total. The molecule has 0 fully saturated rings. The second kappa shape index (κ2) is 11.5. The monoisotopic (exact) mass is 624 g/mol. The van der Waals surface area contributed by atoms with Crippen molar-refractivity contribution in [3.8, 4) is 39.5 Å². The number of furan rings is 1. The fraction of sp³-hybridized carbons (Fsp3) is 0.235. The number of carbonyl (C=O) groups excluding carboxylic acids is 1. The van der Waals surface area contributed by atoms with Crippen LogP contribution in [0.2, 0.25) is 0 Å². The summed E-state index contributed by atoms with van der Waals surface area (Å²) in [7, 11) is 3.37. The molecule has 0 saturated heterocycles. The molecule has 1 aliphatic rings. The molecule has 7 rings (SSSR count). The summed E-state index contributed by atoms with van der Waals surface area (Å²) in [5.74, 6) is -1.81. The van der Waals surface area contributed by atoms with Gasteiger partial charge in [-0.1, -0.05) is 18.7 Å². The fourth-order valence-electron chi connectivity index (χ4n) is 6.14. The number of benzene rings is 2. The first kappa shape index (κ1) is 29.4. The van der Waals surface area contributed by atoms with E-state index in [2.05, 4.69) is 11.7 Å². The van der Waals surface area contributed by atoms with Gasteiger partial charge in [-0.15, -0.1) is 0 Å². The highest BCUT2D eigenvalue weighted by Crippen LogP contribution is 2.46. The maximum absolute atomic E-state index is 16.0. The molecule has 6 aromatic rings. The Hall–Kier alpha value is -5.36. The number of aryl methyl sites for hydroxylation is 1. The normalized spacial score (nSPS) is 14.6. The number of rotatable bonds is 8. The van der Waals surface area contributed by atoms with Crippen LogP contribution in [0, 0.1) is 11.6 Å². The van der Waals surface area contributed by atoms with Gasteiger partial charge in [0.1, 0.15) is 41.1 Å². The molecule has 1 aliphatic heterocycles. The van der Waals surface area contributed by atoms with Crippen LogP contribution in [-0.2, 0) is 23.1 Å². The molecule has 1 atom stereocenters. The molecule has 0 saturated carbocycles. The summed E-state index contributed by atoms with van der Waals surface area (Å²) in [6.07, 6.45) is 4.59. The number of aromatic nitrogens is 5. The van der Waals surface area contributed by atoms with Gasteiger partial charge in [-0.2, -0.15) is 10.2 Å². The second-order valence-corrected chi connectivity index (χ2v) is 11.1. The standard InChI is InChI=1S/C34H30F2N6O4/c1-5-29(43)41-9-10-42-26(19(41)2)17-25(39-42)33-30(31-24(36)15-22(35)16-28(31)45-13-12-44-4)23-8-11-46-34(23)32(38-33)20-6-7-21-18-37-40(3)27(21)14-20/h5-8,11,14-19H,1,9-10,12-13H2,2-4H3/t19-/m1/s1. The Kier molecular flexibility index (Phi) is 7.36. The number of hydrogen-bond acceptors (Lipinski definition) is 7. The number of amides is 1. The van der Waals surface area contributed by atoms with Gasteiger partial charge in [0.2, 0.25) is 5.91 Å². The minimum absolute atomic E-state index is 0.00995. The van der Waals surface area contributed by atoms with Gasteiger partial charge in [-0.3, -0.25) is 14.2 Å². The highest BCUT2D eigenvalue weighted by Gasteiger charge is 2.31.